The lowest BCUT2D eigenvalue weighted by Crippen LogP contribution is -2.30. The van der Waals surface area contributed by atoms with Gasteiger partial charge in [0.1, 0.15) is 5.82 Å². The number of rotatable bonds is 8. The standard InChI is InChI=1S/C16H19FN4O4/c1-11-8-12(2)20(19-11)7-3-6-18-16(22)10-25-15-9-13(17)4-5-14(15)21(23)24/h4-5,8-9H,3,6-7,10H2,1-2H3,(H,18,22). The van der Waals surface area contributed by atoms with Crippen LogP contribution in [0.1, 0.15) is 17.8 Å². The Kier molecular flexibility index (Phi) is 6.04. The molecule has 0 bridgehead atoms. The quantitative estimate of drug-likeness (QED) is 0.447. The molecule has 0 radical (unpaired) electrons. The number of nitro benzene ring substituents is 1. The molecule has 0 spiro atoms. The summed E-state index contributed by atoms with van der Waals surface area (Å²) in [4.78, 5) is 21.9. The predicted molar refractivity (Wildman–Crippen MR) is 87.9 cm³/mol. The summed E-state index contributed by atoms with van der Waals surface area (Å²) in [6.45, 7) is 4.51. The number of aryl methyl sites for hydroxylation is 3. The van der Waals surface area contributed by atoms with E-state index in [1.54, 1.807) is 0 Å². The van der Waals surface area contributed by atoms with Gasteiger partial charge in [-0.05, 0) is 32.4 Å². The van der Waals surface area contributed by atoms with Crippen LogP contribution in [0.25, 0.3) is 0 Å². The molecule has 0 atom stereocenters. The van der Waals surface area contributed by atoms with E-state index in [-0.39, 0.29) is 5.75 Å². The summed E-state index contributed by atoms with van der Waals surface area (Å²) in [5.41, 5.74) is 1.59. The molecule has 1 heterocycles. The average molecular weight is 350 g/mol. The van der Waals surface area contributed by atoms with E-state index in [9.17, 15) is 19.3 Å². The summed E-state index contributed by atoms with van der Waals surface area (Å²) in [6, 6.07) is 4.81. The van der Waals surface area contributed by atoms with Crippen LogP contribution in [0.2, 0.25) is 0 Å². The molecular formula is C16H19FN4O4. The molecule has 0 aliphatic heterocycles. The SMILES string of the molecule is Cc1cc(C)n(CCCNC(=O)COc2cc(F)ccc2[N+](=O)[O-])n1. The Hall–Kier alpha value is -2.97. The molecular weight excluding hydrogens is 331 g/mol. The van der Waals surface area contributed by atoms with Crippen LogP contribution < -0.4 is 10.1 Å². The van der Waals surface area contributed by atoms with E-state index in [1.165, 1.54) is 0 Å². The van der Waals surface area contributed by atoms with E-state index in [2.05, 4.69) is 10.4 Å². The largest absolute Gasteiger partial charge is 0.477 e. The van der Waals surface area contributed by atoms with Gasteiger partial charge in [-0.15, -0.1) is 0 Å². The van der Waals surface area contributed by atoms with Crippen molar-refractivity contribution in [2.45, 2.75) is 26.8 Å². The lowest BCUT2D eigenvalue weighted by molar-refractivity contribution is -0.385. The van der Waals surface area contributed by atoms with Crippen molar-refractivity contribution in [2.24, 2.45) is 0 Å². The fourth-order valence-electron chi connectivity index (χ4n) is 2.31. The van der Waals surface area contributed by atoms with Gasteiger partial charge < -0.3 is 10.1 Å². The summed E-state index contributed by atoms with van der Waals surface area (Å²) in [5.74, 6) is -1.39. The normalized spacial score (nSPS) is 10.5. The Morgan fingerprint density at radius 1 is 1.40 bits per heavy atom. The maximum atomic E-state index is 13.2. The van der Waals surface area contributed by atoms with Crippen molar-refractivity contribution in [1.82, 2.24) is 15.1 Å². The number of hydrogen-bond donors (Lipinski definition) is 1. The maximum Gasteiger partial charge on any atom is 0.311 e. The first-order valence-electron chi connectivity index (χ1n) is 7.71. The van der Waals surface area contributed by atoms with Gasteiger partial charge in [0.25, 0.3) is 5.91 Å². The highest BCUT2D eigenvalue weighted by molar-refractivity contribution is 5.77. The Labute approximate surface area is 143 Å². The van der Waals surface area contributed by atoms with E-state index in [4.69, 9.17) is 4.74 Å². The Morgan fingerprint density at radius 2 is 2.16 bits per heavy atom. The van der Waals surface area contributed by atoms with Gasteiger partial charge in [-0.2, -0.15) is 5.10 Å². The van der Waals surface area contributed by atoms with Crippen LogP contribution in [-0.2, 0) is 11.3 Å². The highest BCUT2D eigenvalue weighted by atomic mass is 19.1. The van der Waals surface area contributed by atoms with Gasteiger partial charge >= 0.3 is 5.69 Å². The molecule has 134 valence electrons. The van der Waals surface area contributed by atoms with Gasteiger partial charge in [0.15, 0.2) is 6.61 Å². The zero-order chi connectivity index (χ0) is 18.4. The molecule has 1 amide bonds. The molecule has 0 fully saturated rings. The smallest absolute Gasteiger partial charge is 0.311 e. The number of amides is 1. The molecule has 1 N–H and O–H groups in total. The number of nitrogens with zero attached hydrogens (tertiary/aromatic N) is 3. The van der Waals surface area contributed by atoms with E-state index < -0.39 is 28.9 Å². The van der Waals surface area contributed by atoms with Crippen LogP contribution in [0.4, 0.5) is 10.1 Å². The molecule has 0 aliphatic carbocycles. The maximum absolute atomic E-state index is 13.2. The molecule has 1 aromatic carbocycles. The lowest BCUT2D eigenvalue weighted by atomic mass is 10.3. The van der Waals surface area contributed by atoms with Crippen LogP contribution in [0.3, 0.4) is 0 Å². The Morgan fingerprint density at radius 3 is 2.80 bits per heavy atom. The number of halogens is 1. The second-order valence-corrected chi connectivity index (χ2v) is 5.51. The lowest BCUT2D eigenvalue weighted by Gasteiger charge is -2.08. The second kappa shape index (κ2) is 8.22. The highest BCUT2D eigenvalue weighted by Gasteiger charge is 2.17. The van der Waals surface area contributed by atoms with Gasteiger partial charge in [0.2, 0.25) is 5.75 Å². The van der Waals surface area contributed by atoms with Crippen molar-refractivity contribution in [2.75, 3.05) is 13.2 Å². The molecule has 0 aliphatic rings. The number of nitro groups is 1. The molecule has 0 saturated carbocycles. The third kappa shape index (κ3) is 5.27. The summed E-state index contributed by atoms with van der Waals surface area (Å²) < 4.78 is 20.1. The van der Waals surface area contributed by atoms with E-state index in [0.717, 1.165) is 29.6 Å². The van der Waals surface area contributed by atoms with Crippen molar-refractivity contribution in [3.8, 4) is 5.75 Å². The topological polar surface area (TPSA) is 99.3 Å². The van der Waals surface area contributed by atoms with E-state index in [1.807, 2.05) is 24.6 Å². The first kappa shape index (κ1) is 18.4. The third-order valence-corrected chi connectivity index (χ3v) is 3.45. The fourth-order valence-corrected chi connectivity index (χ4v) is 2.31. The predicted octanol–water partition coefficient (Wildman–Crippen LogP) is 2.13. The van der Waals surface area contributed by atoms with Crippen LogP contribution in [0.5, 0.6) is 5.75 Å². The molecule has 9 heteroatoms. The zero-order valence-electron chi connectivity index (χ0n) is 14.0. The first-order chi connectivity index (χ1) is 11.9. The minimum Gasteiger partial charge on any atom is -0.477 e. The molecule has 0 unspecified atom stereocenters. The van der Waals surface area contributed by atoms with Gasteiger partial charge in [0, 0.05) is 30.9 Å². The minimum absolute atomic E-state index is 0.275. The van der Waals surface area contributed by atoms with Crippen LogP contribution in [0, 0.1) is 29.8 Å². The number of benzene rings is 1. The van der Waals surface area contributed by atoms with Crippen molar-refractivity contribution in [3.05, 3.63) is 51.6 Å². The van der Waals surface area contributed by atoms with Crippen LogP contribution in [-0.4, -0.2) is 33.8 Å². The zero-order valence-corrected chi connectivity index (χ0v) is 14.0. The molecule has 1 aromatic heterocycles. The highest BCUT2D eigenvalue weighted by Crippen LogP contribution is 2.27. The summed E-state index contributed by atoms with van der Waals surface area (Å²) in [7, 11) is 0. The number of hydrogen-bond acceptors (Lipinski definition) is 5. The number of nitrogens with one attached hydrogen (secondary N) is 1. The molecule has 25 heavy (non-hydrogen) atoms. The summed E-state index contributed by atoms with van der Waals surface area (Å²) in [5, 5.41) is 17.8. The van der Waals surface area contributed by atoms with Crippen molar-refractivity contribution in [1.29, 1.82) is 0 Å². The first-order valence-corrected chi connectivity index (χ1v) is 7.71. The van der Waals surface area contributed by atoms with Gasteiger partial charge in [-0.25, -0.2) is 4.39 Å². The average Bonchev–Trinajstić information content (AvgIpc) is 2.87. The fraction of sp³-hybridized carbons (Fsp3) is 0.375. The van der Waals surface area contributed by atoms with Crippen LogP contribution >= 0.6 is 0 Å². The molecule has 2 aromatic rings. The number of aromatic nitrogens is 2. The van der Waals surface area contributed by atoms with E-state index >= 15 is 0 Å². The Bertz CT molecular complexity index is 775. The molecule has 2 rings (SSSR count). The van der Waals surface area contributed by atoms with Crippen molar-refractivity contribution < 1.29 is 18.8 Å². The van der Waals surface area contributed by atoms with Crippen molar-refractivity contribution in [3.63, 3.8) is 0 Å². The summed E-state index contributed by atoms with van der Waals surface area (Å²) >= 11 is 0. The second-order valence-electron chi connectivity index (χ2n) is 5.51. The summed E-state index contributed by atoms with van der Waals surface area (Å²) in [6.07, 6.45) is 0.674. The van der Waals surface area contributed by atoms with Crippen molar-refractivity contribution >= 4 is 11.6 Å². The van der Waals surface area contributed by atoms with Gasteiger partial charge in [0.05, 0.1) is 10.6 Å². The minimum atomic E-state index is -0.693. The Balaban J connectivity index is 1.77. The number of ether oxygens (including phenoxy) is 1. The van der Waals surface area contributed by atoms with E-state index in [0.29, 0.717) is 19.5 Å². The third-order valence-electron chi connectivity index (χ3n) is 3.45. The van der Waals surface area contributed by atoms with Crippen LogP contribution in [0.15, 0.2) is 24.3 Å². The van der Waals surface area contributed by atoms with Gasteiger partial charge in [-0.3, -0.25) is 19.6 Å². The van der Waals surface area contributed by atoms with Gasteiger partial charge in [-0.1, -0.05) is 0 Å². The molecule has 8 nitrogen and oxygen atoms in total. The number of carbonyl (C=O) groups is 1. The molecule has 0 saturated heterocycles. The monoisotopic (exact) mass is 350 g/mol. The number of carbonyl (C=O) groups excluding carboxylic acids is 1.